The Kier molecular flexibility index (Phi) is 5.98. The molecule has 6 nitrogen and oxygen atoms in total. The molecule has 1 amide bonds. The first-order valence-corrected chi connectivity index (χ1v) is 7.30. The number of hydrogen-bond acceptors (Lipinski definition) is 5. The number of likely N-dealkylation sites (tertiary alicyclic amines) is 1. The summed E-state index contributed by atoms with van der Waals surface area (Å²) in [7, 11) is 0. The average molecular weight is 293 g/mol. The number of carbonyl (C=O) groups is 1. The number of hydrazine groups is 1. The van der Waals surface area contributed by atoms with Crippen molar-refractivity contribution >= 4 is 5.91 Å². The van der Waals surface area contributed by atoms with Crippen LogP contribution in [-0.2, 0) is 0 Å². The van der Waals surface area contributed by atoms with Crippen molar-refractivity contribution < 1.29 is 14.6 Å². The summed E-state index contributed by atoms with van der Waals surface area (Å²) in [6.07, 6.45) is 2.03. The van der Waals surface area contributed by atoms with Gasteiger partial charge in [-0.3, -0.25) is 15.1 Å². The minimum Gasteiger partial charge on any atom is -0.492 e. The maximum atomic E-state index is 11.4. The lowest BCUT2D eigenvalue weighted by atomic mass is 10.1. The molecule has 0 bridgehead atoms. The minimum atomic E-state index is -0.327. The van der Waals surface area contributed by atoms with E-state index in [-0.39, 0.29) is 12.5 Å². The van der Waals surface area contributed by atoms with Crippen LogP contribution in [0.3, 0.4) is 0 Å². The number of amides is 1. The van der Waals surface area contributed by atoms with Crippen LogP contribution in [0.15, 0.2) is 24.3 Å². The molecule has 1 aromatic carbocycles. The zero-order valence-electron chi connectivity index (χ0n) is 12.1. The van der Waals surface area contributed by atoms with Gasteiger partial charge >= 0.3 is 0 Å². The lowest BCUT2D eigenvalue weighted by molar-refractivity contribution is 0.0953. The fourth-order valence-electron chi connectivity index (χ4n) is 2.64. The van der Waals surface area contributed by atoms with Crippen molar-refractivity contribution in [2.24, 2.45) is 11.8 Å². The van der Waals surface area contributed by atoms with E-state index < -0.39 is 0 Å². The standard InChI is InChI=1S/C15H23N3O3/c16-17-15(20)13-2-1-3-14(10-13)21-9-7-18-6-4-12(11-18)5-8-19/h1-3,10,12,19H,4-9,11,16H2,(H,17,20). The Hall–Kier alpha value is -1.63. The van der Waals surface area contributed by atoms with Crippen molar-refractivity contribution in [1.82, 2.24) is 10.3 Å². The van der Waals surface area contributed by atoms with Crippen molar-refractivity contribution in [3.05, 3.63) is 29.8 Å². The zero-order valence-corrected chi connectivity index (χ0v) is 12.1. The van der Waals surface area contributed by atoms with E-state index in [9.17, 15) is 4.79 Å². The number of aliphatic hydroxyl groups excluding tert-OH is 1. The summed E-state index contributed by atoms with van der Waals surface area (Å²) in [6, 6.07) is 6.97. The highest BCUT2D eigenvalue weighted by atomic mass is 16.5. The quantitative estimate of drug-likeness (QED) is 0.384. The highest BCUT2D eigenvalue weighted by molar-refractivity contribution is 5.94. The largest absolute Gasteiger partial charge is 0.492 e. The molecule has 1 aromatic rings. The van der Waals surface area contributed by atoms with Crippen LogP contribution in [0.1, 0.15) is 23.2 Å². The van der Waals surface area contributed by atoms with E-state index in [4.69, 9.17) is 15.7 Å². The molecule has 1 aliphatic rings. The topological polar surface area (TPSA) is 87.8 Å². The molecule has 1 heterocycles. The number of nitrogens with zero attached hydrogens (tertiary/aromatic N) is 1. The summed E-state index contributed by atoms with van der Waals surface area (Å²) in [5.41, 5.74) is 2.59. The molecular formula is C15H23N3O3. The average Bonchev–Trinajstić information content (AvgIpc) is 2.95. The first-order valence-electron chi connectivity index (χ1n) is 7.30. The molecule has 1 aliphatic heterocycles. The van der Waals surface area contributed by atoms with Gasteiger partial charge in [-0.05, 0) is 43.5 Å². The van der Waals surface area contributed by atoms with Crippen LogP contribution in [-0.4, -0.2) is 48.8 Å². The third kappa shape index (κ3) is 4.70. The van der Waals surface area contributed by atoms with E-state index in [0.29, 0.717) is 23.8 Å². The fourth-order valence-corrected chi connectivity index (χ4v) is 2.64. The zero-order chi connectivity index (χ0) is 15.1. The van der Waals surface area contributed by atoms with Crippen LogP contribution in [0.25, 0.3) is 0 Å². The van der Waals surface area contributed by atoms with E-state index in [1.807, 2.05) is 6.07 Å². The van der Waals surface area contributed by atoms with Gasteiger partial charge in [0.25, 0.3) is 5.91 Å². The second kappa shape index (κ2) is 7.97. The first-order chi connectivity index (χ1) is 10.2. The molecular weight excluding hydrogens is 270 g/mol. The van der Waals surface area contributed by atoms with Crippen LogP contribution in [0.2, 0.25) is 0 Å². The SMILES string of the molecule is NNC(=O)c1cccc(OCCN2CCC(CCO)C2)c1. The summed E-state index contributed by atoms with van der Waals surface area (Å²) in [4.78, 5) is 13.8. The van der Waals surface area contributed by atoms with E-state index in [1.165, 1.54) is 0 Å². The Labute approximate surface area is 124 Å². The Morgan fingerprint density at radius 1 is 1.52 bits per heavy atom. The van der Waals surface area contributed by atoms with Crippen molar-refractivity contribution in [2.45, 2.75) is 12.8 Å². The summed E-state index contributed by atoms with van der Waals surface area (Å²) >= 11 is 0. The predicted octanol–water partition coefficient (Wildman–Crippen LogP) is 0.373. The van der Waals surface area contributed by atoms with Crippen molar-refractivity contribution in [2.75, 3.05) is 32.8 Å². The van der Waals surface area contributed by atoms with Crippen LogP contribution in [0.5, 0.6) is 5.75 Å². The molecule has 0 spiro atoms. The van der Waals surface area contributed by atoms with Crippen molar-refractivity contribution in [3.8, 4) is 5.75 Å². The van der Waals surface area contributed by atoms with Gasteiger partial charge in [0.05, 0.1) is 0 Å². The van der Waals surface area contributed by atoms with Gasteiger partial charge in [0.1, 0.15) is 12.4 Å². The third-order valence-corrected chi connectivity index (χ3v) is 3.81. The number of nitrogen functional groups attached to an aromatic ring is 1. The number of benzene rings is 1. The second-order valence-corrected chi connectivity index (χ2v) is 5.32. The number of ether oxygens (including phenoxy) is 1. The van der Waals surface area contributed by atoms with E-state index >= 15 is 0 Å². The molecule has 1 saturated heterocycles. The van der Waals surface area contributed by atoms with Gasteiger partial charge in [0, 0.05) is 25.3 Å². The Bertz CT molecular complexity index is 467. The summed E-state index contributed by atoms with van der Waals surface area (Å²) in [6.45, 7) is 3.79. The highest BCUT2D eigenvalue weighted by Gasteiger charge is 2.21. The molecule has 21 heavy (non-hydrogen) atoms. The molecule has 0 aromatic heterocycles. The summed E-state index contributed by atoms with van der Waals surface area (Å²) < 4.78 is 5.69. The number of hydrogen-bond donors (Lipinski definition) is 3. The minimum absolute atomic E-state index is 0.269. The van der Waals surface area contributed by atoms with Crippen molar-refractivity contribution in [1.29, 1.82) is 0 Å². The van der Waals surface area contributed by atoms with Gasteiger partial charge in [0.2, 0.25) is 0 Å². The van der Waals surface area contributed by atoms with E-state index in [2.05, 4.69) is 10.3 Å². The maximum Gasteiger partial charge on any atom is 0.265 e. The first kappa shape index (κ1) is 15.8. The molecule has 0 radical (unpaired) electrons. The lowest BCUT2D eigenvalue weighted by Gasteiger charge is -2.16. The second-order valence-electron chi connectivity index (χ2n) is 5.32. The smallest absolute Gasteiger partial charge is 0.265 e. The van der Waals surface area contributed by atoms with Gasteiger partial charge in [-0.2, -0.15) is 0 Å². The van der Waals surface area contributed by atoms with E-state index in [0.717, 1.165) is 32.5 Å². The van der Waals surface area contributed by atoms with Gasteiger partial charge in [-0.25, -0.2) is 5.84 Å². The van der Waals surface area contributed by atoms with Crippen LogP contribution in [0, 0.1) is 5.92 Å². The predicted molar refractivity (Wildman–Crippen MR) is 79.8 cm³/mol. The molecule has 0 aliphatic carbocycles. The van der Waals surface area contributed by atoms with Gasteiger partial charge < -0.3 is 9.84 Å². The molecule has 1 atom stereocenters. The van der Waals surface area contributed by atoms with Gasteiger partial charge in [-0.15, -0.1) is 0 Å². The lowest BCUT2D eigenvalue weighted by Crippen LogP contribution is -2.30. The maximum absolute atomic E-state index is 11.4. The summed E-state index contributed by atoms with van der Waals surface area (Å²) in [5.74, 6) is 6.05. The number of nitrogens with two attached hydrogens (primary N) is 1. The fraction of sp³-hybridized carbons (Fsp3) is 0.533. The molecule has 6 heteroatoms. The highest BCUT2D eigenvalue weighted by Crippen LogP contribution is 2.19. The van der Waals surface area contributed by atoms with Gasteiger partial charge in [0.15, 0.2) is 0 Å². The molecule has 1 unspecified atom stereocenters. The molecule has 116 valence electrons. The Morgan fingerprint density at radius 2 is 2.38 bits per heavy atom. The van der Waals surface area contributed by atoms with Crippen LogP contribution < -0.4 is 16.0 Å². The third-order valence-electron chi connectivity index (χ3n) is 3.81. The van der Waals surface area contributed by atoms with Crippen molar-refractivity contribution in [3.63, 3.8) is 0 Å². The number of nitrogens with one attached hydrogen (secondary N) is 1. The number of aliphatic hydroxyl groups is 1. The molecule has 4 N–H and O–H groups in total. The molecule has 1 fully saturated rings. The molecule has 2 rings (SSSR count). The van der Waals surface area contributed by atoms with Gasteiger partial charge in [-0.1, -0.05) is 6.07 Å². The van der Waals surface area contributed by atoms with Crippen LogP contribution in [0.4, 0.5) is 0 Å². The van der Waals surface area contributed by atoms with Crippen LogP contribution >= 0.6 is 0 Å². The Morgan fingerprint density at radius 3 is 3.14 bits per heavy atom. The van der Waals surface area contributed by atoms with E-state index in [1.54, 1.807) is 18.2 Å². The Balaban J connectivity index is 1.75. The summed E-state index contributed by atoms with van der Waals surface area (Å²) in [5, 5.41) is 8.94. The normalized spacial score (nSPS) is 18.7. The number of rotatable bonds is 7. The monoisotopic (exact) mass is 293 g/mol. The molecule has 0 saturated carbocycles. The number of carbonyl (C=O) groups excluding carboxylic acids is 1.